The number of anilines is 1. The van der Waals surface area contributed by atoms with E-state index in [4.69, 9.17) is 0 Å². The van der Waals surface area contributed by atoms with Gasteiger partial charge in [-0.25, -0.2) is 0 Å². The number of hydrogen-bond acceptors (Lipinski definition) is 4. The predicted octanol–water partition coefficient (Wildman–Crippen LogP) is 4.38. The SMILES string of the molecule is CCC(CC)C(C)Nc1ccc([N+](=O)[O-])c2cccnc12. The molecule has 0 spiro atoms. The van der Waals surface area contributed by atoms with Crippen LogP contribution in [-0.2, 0) is 0 Å². The fourth-order valence-corrected chi connectivity index (χ4v) is 2.79. The standard InChI is InChI=1S/C16H21N3O2/c1-4-12(5-2)11(3)18-14-8-9-15(19(20)21)13-7-6-10-17-16(13)14/h6-12,18H,4-5H2,1-3H3. The van der Waals surface area contributed by atoms with Crippen molar-refractivity contribution in [2.24, 2.45) is 5.92 Å². The van der Waals surface area contributed by atoms with Gasteiger partial charge in [-0.1, -0.05) is 26.7 Å². The lowest BCUT2D eigenvalue weighted by atomic mass is 9.95. The molecule has 2 aromatic rings. The van der Waals surface area contributed by atoms with Crippen LogP contribution in [0.1, 0.15) is 33.6 Å². The smallest absolute Gasteiger partial charge is 0.278 e. The molecule has 1 unspecified atom stereocenters. The number of nitro benzene ring substituents is 1. The minimum Gasteiger partial charge on any atom is -0.381 e. The topological polar surface area (TPSA) is 68.1 Å². The first-order chi connectivity index (χ1) is 10.1. The molecule has 0 fully saturated rings. The molecule has 0 radical (unpaired) electrons. The average molecular weight is 287 g/mol. The number of nitrogens with one attached hydrogen (secondary N) is 1. The summed E-state index contributed by atoms with van der Waals surface area (Å²) in [4.78, 5) is 15.1. The molecule has 1 aromatic carbocycles. The number of nitro groups is 1. The van der Waals surface area contributed by atoms with Crippen LogP contribution in [0.5, 0.6) is 0 Å². The van der Waals surface area contributed by atoms with Gasteiger partial charge in [0.15, 0.2) is 0 Å². The van der Waals surface area contributed by atoms with E-state index in [9.17, 15) is 10.1 Å². The summed E-state index contributed by atoms with van der Waals surface area (Å²) in [7, 11) is 0. The Morgan fingerprint density at radius 1 is 1.29 bits per heavy atom. The maximum absolute atomic E-state index is 11.1. The molecule has 2 rings (SSSR count). The second kappa shape index (κ2) is 6.52. The first kappa shape index (κ1) is 15.2. The molecule has 1 aromatic heterocycles. The van der Waals surface area contributed by atoms with E-state index in [2.05, 4.69) is 31.1 Å². The highest BCUT2D eigenvalue weighted by molar-refractivity contribution is 5.96. The van der Waals surface area contributed by atoms with Crippen molar-refractivity contribution < 1.29 is 4.92 Å². The molecule has 1 N–H and O–H groups in total. The molecular formula is C16H21N3O2. The number of aromatic nitrogens is 1. The molecular weight excluding hydrogens is 266 g/mol. The highest BCUT2D eigenvalue weighted by Gasteiger charge is 2.18. The van der Waals surface area contributed by atoms with Crippen LogP contribution in [0.15, 0.2) is 30.5 Å². The quantitative estimate of drug-likeness (QED) is 0.632. The molecule has 112 valence electrons. The summed E-state index contributed by atoms with van der Waals surface area (Å²) in [6.07, 6.45) is 3.87. The summed E-state index contributed by atoms with van der Waals surface area (Å²) in [5.41, 5.74) is 1.61. The van der Waals surface area contributed by atoms with Crippen LogP contribution in [0.4, 0.5) is 11.4 Å². The summed E-state index contributed by atoms with van der Waals surface area (Å²) < 4.78 is 0. The van der Waals surface area contributed by atoms with Crippen molar-refractivity contribution in [3.63, 3.8) is 0 Å². The Hall–Kier alpha value is -2.17. The number of benzene rings is 1. The number of non-ortho nitro benzene ring substituents is 1. The van der Waals surface area contributed by atoms with Crippen molar-refractivity contribution in [2.45, 2.75) is 39.7 Å². The fourth-order valence-electron chi connectivity index (χ4n) is 2.79. The van der Waals surface area contributed by atoms with Crippen LogP contribution in [0.3, 0.4) is 0 Å². The number of hydrogen-bond donors (Lipinski definition) is 1. The third kappa shape index (κ3) is 3.12. The lowest BCUT2D eigenvalue weighted by Crippen LogP contribution is -2.25. The van der Waals surface area contributed by atoms with Crippen LogP contribution in [0, 0.1) is 16.0 Å². The Balaban J connectivity index is 2.42. The number of pyridine rings is 1. The number of rotatable bonds is 6. The van der Waals surface area contributed by atoms with Gasteiger partial charge in [0.1, 0.15) is 5.52 Å². The van der Waals surface area contributed by atoms with Gasteiger partial charge < -0.3 is 5.32 Å². The largest absolute Gasteiger partial charge is 0.381 e. The molecule has 0 amide bonds. The van der Waals surface area contributed by atoms with Crippen molar-refractivity contribution in [2.75, 3.05) is 5.32 Å². The highest BCUT2D eigenvalue weighted by atomic mass is 16.6. The highest BCUT2D eigenvalue weighted by Crippen LogP contribution is 2.31. The van der Waals surface area contributed by atoms with E-state index in [0.29, 0.717) is 22.9 Å². The van der Waals surface area contributed by atoms with E-state index < -0.39 is 0 Å². The molecule has 21 heavy (non-hydrogen) atoms. The second-order valence-electron chi connectivity index (χ2n) is 5.30. The molecule has 0 aliphatic rings. The Morgan fingerprint density at radius 2 is 2.00 bits per heavy atom. The summed E-state index contributed by atoms with van der Waals surface area (Å²) in [6, 6.07) is 7.07. The van der Waals surface area contributed by atoms with Crippen LogP contribution < -0.4 is 5.32 Å². The second-order valence-corrected chi connectivity index (χ2v) is 5.30. The van der Waals surface area contributed by atoms with Crippen molar-refractivity contribution in [1.29, 1.82) is 0 Å². The zero-order valence-corrected chi connectivity index (χ0v) is 12.7. The van der Waals surface area contributed by atoms with E-state index in [0.717, 1.165) is 18.5 Å². The van der Waals surface area contributed by atoms with E-state index >= 15 is 0 Å². The van der Waals surface area contributed by atoms with E-state index in [1.54, 1.807) is 30.5 Å². The zero-order chi connectivity index (χ0) is 15.4. The molecule has 0 bridgehead atoms. The van der Waals surface area contributed by atoms with Gasteiger partial charge in [0.05, 0.1) is 16.0 Å². The lowest BCUT2D eigenvalue weighted by Gasteiger charge is -2.24. The molecule has 1 atom stereocenters. The van der Waals surface area contributed by atoms with Crippen molar-refractivity contribution in [3.8, 4) is 0 Å². The van der Waals surface area contributed by atoms with Crippen LogP contribution in [0.25, 0.3) is 10.9 Å². The maximum atomic E-state index is 11.1. The molecule has 5 heteroatoms. The fraction of sp³-hybridized carbons (Fsp3) is 0.438. The predicted molar refractivity (Wildman–Crippen MR) is 85.6 cm³/mol. The van der Waals surface area contributed by atoms with E-state index in [-0.39, 0.29) is 10.6 Å². The number of fused-ring (bicyclic) bond motifs is 1. The van der Waals surface area contributed by atoms with Crippen LogP contribution in [-0.4, -0.2) is 15.9 Å². The summed E-state index contributed by atoms with van der Waals surface area (Å²) in [5, 5.41) is 15.1. The first-order valence-electron chi connectivity index (χ1n) is 7.37. The van der Waals surface area contributed by atoms with Gasteiger partial charge in [-0.05, 0) is 31.0 Å². The van der Waals surface area contributed by atoms with Crippen molar-refractivity contribution >= 4 is 22.3 Å². The molecule has 0 aliphatic heterocycles. The molecule has 1 heterocycles. The Bertz CT molecular complexity index is 638. The summed E-state index contributed by atoms with van der Waals surface area (Å²) in [6.45, 7) is 6.50. The van der Waals surface area contributed by atoms with Gasteiger partial charge in [0.25, 0.3) is 5.69 Å². The molecule has 5 nitrogen and oxygen atoms in total. The molecule has 0 saturated carbocycles. The van der Waals surface area contributed by atoms with Crippen molar-refractivity contribution in [1.82, 2.24) is 4.98 Å². The van der Waals surface area contributed by atoms with Gasteiger partial charge in [-0.15, -0.1) is 0 Å². The lowest BCUT2D eigenvalue weighted by molar-refractivity contribution is -0.383. The molecule has 0 saturated heterocycles. The van der Waals surface area contributed by atoms with E-state index in [1.165, 1.54) is 0 Å². The Labute approximate surface area is 124 Å². The van der Waals surface area contributed by atoms with Crippen LogP contribution in [0.2, 0.25) is 0 Å². The Kier molecular flexibility index (Phi) is 4.73. The minimum atomic E-state index is -0.363. The average Bonchev–Trinajstić information content (AvgIpc) is 2.48. The minimum absolute atomic E-state index is 0.0961. The van der Waals surface area contributed by atoms with Gasteiger partial charge in [0, 0.05) is 18.3 Å². The van der Waals surface area contributed by atoms with E-state index in [1.807, 2.05) is 0 Å². The zero-order valence-electron chi connectivity index (χ0n) is 12.7. The van der Waals surface area contributed by atoms with Crippen molar-refractivity contribution in [3.05, 3.63) is 40.6 Å². The monoisotopic (exact) mass is 287 g/mol. The summed E-state index contributed by atoms with van der Waals surface area (Å²) in [5.74, 6) is 0.568. The summed E-state index contributed by atoms with van der Waals surface area (Å²) >= 11 is 0. The van der Waals surface area contributed by atoms with Gasteiger partial charge >= 0.3 is 0 Å². The maximum Gasteiger partial charge on any atom is 0.278 e. The normalized spacial score (nSPS) is 12.6. The third-order valence-electron chi connectivity index (χ3n) is 4.08. The van der Waals surface area contributed by atoms with Gasteiger partial charge in [0.2, 0.25) is 0 Å². The number of nitrogens with zero attached hydrogens (tertiary/aromatic N) is 2. The van der Waals surface area contributed by atoms with Gasteiger partial charge in [-0.2, -0.15) is 0 Å². The van der Waals surface area contributed by atoms with Crippen LogP contribution >= 0.6 is 0 Å². The first-order valence-corrected chi connectivity index (χ1v) is 7.37. The Morgan fingerprint density at radius 3 is 2.62 bits per heavy atom. The van der Waals surface area contributed by atoms with Gasteiger partial charge in [-0.3, -0.25) is 15.1 Å². The third-order valence-corrected chi connectivity index (χ3v) is 4.08. The molecule has 0 aliphatic carbocycles.